The number of ether oxygens (including phenoxy) is 2. The third-order valence-corrected chi connectivity index (χ3v) is 8.32. The van der Waals surface area contributed by atoms with E-state index in [2.05, 4.69) is 39.6 Å². The molecule has 1 atom stereocenters. The van der Waals surface area contributed by atoms with E-state index in [0.717, 1.165) is 28.6 Å². The van der Waals surface area contributed by atoms with Crippen LogP contribution in [-0.4, -0.2) is 14.2 Å². The second kappa shape index (κ2) is 9.25. The summed E-state index contributed by atoms with van der Waals surface area (Å²) in [4.78, 5) is 0. The van der Waals surface area contributed by atoms with E-state index in [0.29, 0.717) is 0 Å². The van der Waals surface area contributed by atoms with Gasteiger partial charge in [-0.15, -0.1) is 9.24 Å². The Morgan fingerprint density at radius 3 is 2.03 bits per heavy atom. The van der Waals surface area contributed by atoms with Crippen LogP contribution in [0.3, 0.4) is 0 Å². The van der Waals surface area contributed by atoms with Crippen LogP contribution in [0.4, 0.5) is 0 Å². The SMILES string of the molecule is COc1ccc(P)c(OC)c1C1=CC=CCC1(C1CCCCC1)C1CCCCC1. The zero-order valence-electron chi connectivity index (χ0n) is 18.2. The molecule has 0 heterocycles. The molecule has 2 saturated carbocycles. The minimum absolute atomic E-state index is 0.217. The number of hydrogen-bond acceptors (Lipinski definition) is 2. The van der Waals surface area contributed by atoms with E-state index < -0.39 is 0 Å². The van der Waals surface area contributed by atoms with E-state index in [1.807, 2.05) is 0 Å². The summed E-state index contributed by atoms with van der Waals surface area (Å²) in [6, 6.07) is 4.21. The van der Waals surface area contributed by atoms with Crippen molar-refractivity contribution in [2.24, 2.45) is 17.3 Å². The van der Waals surface area contributed by atoms with Gasteiger partial charge in [-0.05, 0) is 61.6 Å². The summed E-state index contributed by atoms with van der Waals surface area (Å²) in [7, 11) is 6.45. The molecule has 2 nitrogen and oxygen atoms in total. The minimum Gasteiger partial charge on any atom is -0.496 e. The van der Waals surface area contributed by atoms with Crippen LogP contribution in [0.1, 0.15) is 76.2 Å². The fourth-order valence-corrected chi connectivity index (χ4v) is 6.93. The molecule has 0 aromatic heterocycles. The van der Waals surface area contributed by atoms with Crippen LogP contribution in [0.15, 0.2) is 30.4 Å². The quantitative estimate of drug-likeness (QED) is 0.501. The molecule has 0 saturated heterocycles. The topological polar surface area (TPSA) is 18.5 Å². The average molecular weight is 413 g/mol. The summed E-state index contributed by atoms with van der Waals surface area (Å²) >= 11 is 0. The second-order valence-electron chi connectivity index (χ2n) is 9.19. The van der Waals surface area contributed by atoms with Crippen LogP contribution in [0.25, 0.3) is 5.57 Å². The number of rotatable bonds is 5. The highest BCUT2D eigenvalue weighted by Crippen LogP contribution is 2.61. The predicted octanol–water partition coefficient (Wildman–Crippen LogP) is 6.69. The standard InChI is InChI=1S/C26H37O2P/c1-27-22-16-17-23(29)25(28-2)24(22)21-15-9-10-18-26(21,19-11-5-3-6-12-19)20-13-7-4-8-14-20/h9-10,15-17,19-20H,3-8,11-14,18,29H2,1-2H3. The summed E-state index contributed by atoms with van der Waals surface area (Å²) in [5.74, 6) is 3.44. The smallest absolute Gasteiger partial charge is 0.137 e. The predicted molar refractivity (Wildman–Crippen MR) is 126 cm³/mol. The Labute approximate surface area is 179 Å². The lowest BCUT2D eigenvalue weighted by atomic mass is 9.52. The minimum atomic E-state index is 0.217. The molecular formula is C26H37O2P. The van der Waals surface area contributed by atoms with Gasteiger partial charge < -0.3 is 9.47 Å². The first kappa shape index (κ1) is 21.0. The molecule has 29 heavy (non-hydrogen) atoms. The molecule has 3 aliphatic rings. The maximum atomic E-state index is 5.97. The Balaban J connectivity index is 1.90. The molecule has 1 unspecified atom stereocenters. The van der Waals surface area contributed by atoms with Crippen molar-refractivity contribution in [3.63, 3.8) is 0 Å². The van der Waals surface area contributed by atoms with Crippen LogP contribution >= 0.6 is 9.24 Å². The Morgan fingerprint density at radius 2 is 1.48 bits per heavy atom. The van der Waals surface area contributed by atoms with Crippen LogP contribution in [0.5, 0.6) is 11.5 Å². The van der Waals surface area contributed by atoms with Gasteiger partial charge in [0.25, 0.3) is 0 Å². The highest BCUT2D eigenvalue weighted by molar-refractivity contribution is 7.27. The molecule has 2 fully saturated rings. The lowest BCUT2D eigenvalue weighted by molar-refractivity contribution is 0.0801. The van der Waals surface area contributed by atoms with Gasteiger partial charge in [0, 0.05) is 10.7 Å². The van der Waals surface area contributed by atoms with Gasteiger partial charge >= 0.3 is 0 Å². The van der Waals surface area contributed by atoms with Gasteiger partial charge in [0.1, 0.15) is 11.5 Å². The maximum Gasteiger partial charge on any atom is 0.137 e. The first-order valence-corrected chi connectivity index (χ1v) is 12.2. The molecule has 4 rings (SSSR count). The molecule has 0 aliphatic heterocycles. The largest absolute Gasteiger partial charge is 0.496 e. The Kier molecular flexibility index (Phi) is 6.69. The molecule has 0 N–H and O–H groups in total. The van der Waals surface area contributed by atoms with Crippen molar-refractivity contribution in [2.45, 2.75) is 70.6 Å². The highest BCUT2D eigenvalue weighted by Gasteiger charge is 2.49. The van der Waals surface area contributed by atoms with Gasteiger partial charge in [0.15, 0.2) is 0 Å². The normalized spacial score (nSPS) is 22.9. The van der Waals surface area contributed by atoms with E-state index in [1.165, 1.54) is 81.8 Å². The zero-order chi connectivity index (χ0) is 20.3. The highest BCUT2D eigenvalue weighted by atomic mass is 31.0. The van der Waals surface area contributed by atoms with Crippen molar-refractivity contribution in [1.82, 2.24) is 0 Å². The Morgan fingerprint density at radius 1 is 0.862 bits per heavy atom. The third kappa shape index (κ3) is 3.78. The summed E-state index contributed by atoms with van der Waals surface area (Å²) in [5, 5.41) is 1.11. The van der Waals surface area contributed by atoms with Crippen molar-refractivity contribution in [2.75, 3.05) is 14.2 Å². The molecule has 0 spiro atoms. The Hall–Kier alpha value is -1.27. The molecule has 0 amide bonds. The summed E-state index contributed by atoms with van der Waals surface area (Å²) in [5.41, 5.74) is 2.90. The second-order valence-corrected chi connectivity index (χ2v) is 9.81. The van der Waals surface area contributed by atoms with Crippen LogP contribution < -0.4 is 14.8 Å². The number of benzene rings is 1. The molecule has 3 heteroatoms. The fourth-order valence-electron chi connectivity index (χ4n) is 6.58. The number of hydrogen-bond donors (Lipinski definition) is 0. The van der Waals surface area contributed by atoms with Crippen molar-refractivity contribution in [3.8, 4) is 11.5 Å². The van der Waals surface area contributed by atoms with Gasteiger partial charge in [-0.1, -0.05) is 56.8 Å². The van der Waals surface area contributed by atoms with Gasteiger partial charge in [-0.3, -0.25) is 0 Å². The first-order chi connectivity index (χ1) is 14.2. The molecule has 0 radical (unpaired) electrons. The van der Waals surface area contributed by atoms with E-state index in [4.69, 9.17) is 9.47 Å². The van der Waals surface area contributed by atoms with Crippen LogP contribution in [0.2, 0.25) is 0 Å². The molecule has 158 valence electrons. The van der Waals surface area contributed by atoms with E-state index in [1.54, 1.807) is 14.2 Å². The van der Waals surface area contributed by atoms with E-state index >= 15 is 0 Å². The van der Waals surface area contributed by atoms with Crippen molar-refractivity contribution in [3.05, 3.63) is 35.9 Å². The van der Waals surface area contributed by atoms with Gasteiger partial charge in [-0.2, -0.15) is 0 Å². The third-order valence-electron chi connectivity index (χ3n) is 7.87. The van der Waals surface area contributed by atoms with Gasteiger partial charge in [0.05, 0.1) is 19.8 Å². The zero-order valence-corrected chi connectivity index (χ0v) is 19.4. The van der Waals surface area contributed by atoms with E-state index in [-0.39, 0.29) is 5.41 Å². The van der Waals surface area contributed by atoms with Crippen molar-refractivity contribution in [1.29, 1.82) is 0 Å². The van der Waals surface area contributed by atoms with Crippen molar-refractivity contribution < 1.29 is 9.47 Å². The van der Waals surface area contributed by atoms with Gasteiger partial charge in [-0.25, -0.2) is 0 Å². The average Bonchev–Trinajstić information content (AvgIpc) is 2.80. The molecule has 0 bridgehead atoms. The molecule has 3 aliphatic carbocycles. The molecule has 1 aromatic rings. The number of methoxy groups -OCH3 is 2. The lowest BCUT2D eigenvalue weighted by Gasteiger charge is -2.52. The van der Waals surface area contributed by atoms with Crippen molar-refractivity contribution >= 4 is 20.1 Å². The summed E-state index contributed by atoms with van der Waals surface area (Å²) < 4.78 is 11.9. The molecule has 1 aromatic carbocycles. The fraction of sp³-hybridized carbons (Fsp3) is 0.615. The molecular weight excluding hydrogens is 375 g/mol. The summed E-state index contributed by atoms with van der Waals surface area (Å²) in [6.07, 6.45) is 22.1. The summed E-state index contributed by atoms with van der Waals surface area (Å²) in [6.45, 7) is 0. The lowest BCUT2D eigenvalue weighted by Crippen LogP contribution is -2.42. The monoisotopic (exact) mass is 412 g/mol. The number of allylic oxidation sites excluding steroid dienone is 4. The Bertz CT molecular complexity index is 749. The van der Waals surface area contributed by atoms with Gasteiger partial charge in [0.2, 0.25) is 0 Å². The van der Waals surface area contributed by atoms with Crippen LogP contribution in [-0.2, 0) is 0 Å². The maximum absolute atomic E-state index is 5.97. The van der Waals surface area contributed by atoms with Crippen LogP contribution in [0, 0.1) is 17.3 Å². The van der Waals surface area contributed by atoms with E-state index in [9.17, 15) is 0 Å². The first-order valence-electron chi connectivity index (χ1n) is 11.6.